The van der Waals surface area contributed by atoms with Gasteiger partial charge >= 0.3 is 0 Å². The Labute approximate surface area is 153 Å². The normalized spacial score (nSPS) is 16.9. The minimum Gasteiger partial charge on any atom is -0.307 e. The van der Waals surface area contributed by atoms with Crippen molar-refractivity contribution in [2.75, 3.05) is 6.54 Å². The third kappa shape index (κ3) is 2.85. The standard InChI is InChI=1S/C18H15ClN4O3/c19-11-3-5-12(6-4-11)22-17(16-2-1-9-20-16)21-15-8-7-13(23(25)26)10-14(15)18(22)24/h3-8,10,16,20H,1-2,9H2. The van der Waals surface area contributed by atoms with Crippen LogP contribution in [0.3, 0.4) is 0 Å². The molecule has 4 rings (SSSR count). The molecule has 0 amide bonds. The van der Waals surface area contributed by atoms with Gasteiger partial charge in [0.15, 0.2) is 0 Å². The van der Waals surface area contributed by atoms with E-state index < -0.39 is 4.92 Å². The summed E-state index contributed by atoms with van der Waals surface area (Å²) in [6, 6.07) is 11.0. The molecule has 1 saturated heterocycles. The Kier molecular flexibility index (Phi) is 4.18. The van der Waals surface area contributed by atoms with Gasteiger partial charge in [0, 0.05) is 17.2 Å². The zero-order valence-electron chi connectivity index (χ0n) is 13.7. The number of aromatic nitrogens is 2. The fraction of sp³-hybridized carbons (Fsp3) is 0.222. The van der Waals surface area contributed by atoms with Crippen molar-refractivity contribution in [1.82, 2.24) is 14.9 Å². The maximum absolute atomic E-state index is 13.2. The van der Waals surface area contributed by atoms with Gasteiger partial charge in [0.2, 0.25) is 0 Å². The van der Waals surface area contributed by atoms with E-state index >= 15 is 0 Å². The molecule has 0 spiro atoms. The van der Waals surface area contributed by atoms with Gasteiger partial charge in [-0.05, 0) is 49.7 Å². The molecule has 0 aliphatic carbocycles. The highest BCUT2D eigenvalue weighted by molar-refractivity contribution is 6.30. The molecule has 1 atom stereocenters. The summed E-state index contributed by atoms with van der Waals surface area (Å²) in [5.41, 5.74) is 0.619. The molecule has 1 aliphatic rings. The molecule has 2 heterocycles. The molecular formula is C18H15ClN4O3. The maximum Gasteiger partial charge on any atom is 0.270 e. The average Bonchev–Trinajstić information content (AvgIpc) is 3.17. The maximum atomic E-state index is 13.2. The van der Waals surface area contributed by atoms with Crippen molar-refractivity contribution >= 4 is 28.2 Å². The first kappa shape index (κ1) is 16.7. The van der Waals surface area contributed by atoms with E-state index in [2.05, 4.69) is 10.3 Å². The van der Waals surface area contributed by atoms with Crippen molar-refractivity contribution in [2.45, 2.75) is 18.9 Å². The van der Waals surface area contributed by atoms with Crippen molar-refractivity contribution in [3.05, 3.63) is 73.8 Å². The topological polar surface area (TPSA) is 90.1 Å². The number of hydrogen-bond donors (Lipinski definition) is 1. The molecule has 7 nitrogen and oxygen atoms in total. The monoisotopic (exact) mass is 370 g/mol. The summed E-state index contributed by atoms with van der Waals surface area (Å²) in [7, 11) is 0. The van der Waals surface area contributed by atoms with Gasteiger partial charge in [0.1, 0.15) is 5.82 Å². The summed E-state index contributed by atoms with van der Waals surface area (Å²) in [5, 5.41) is 15.2. The number of nitrogens with one attached hydrogen (secondary N) is 1. The predicted octanol–water partition coefficient (Wildman–Crippen LogP) is 3.37. The fourth-order valence-corrected chi connectivity index (χ4v) is 3.41. The zero-order valence-corrected chi connectivity index (χ0v) is 14.4. The molecule has 2 aromatic carbocycles. The van der Waals surface area contributed by atoms with Gasteiger partial charge in [-0.25, -0.2) is 4.98 Å². The summed E-state index contributed by atoms with van der Waals surface area (Å²) in [6.07, 6.45) is 1.87. The molecule has 1 N–H and O–H groups in total. The first-order valence-corrected chi connectivity index (χ1v) is 8.63. The number of rotatable bonds is 3. The van der Waals surface area contributed by atoms with Crippen LogP contribution in [0, 0.1) is 10.1 Å². The van der Waals surface area contributed by atoms with Gasteiger partial charge in [-0.2, -0.15) is 0 Å². The van der Waals surface area contributed by atoms with E-state index in [9.17, 15) is 14.9 Å². The van der Waals surface area contributed by atoms with Crippen molar-refractivity contribution in [3.63, 3.8) is 0 Å². The molecule has 132 valence electrons. The lowest BCUT2D eigenvalue weighted by molar-refractivity contribution is -0.384. The van der Waals surface area contributed by atoms with Crippen LogP contribution in [0.1, 0.15) is 24.7 Å². The molecule has 0 saturated carbocycles. The largest absolute Gasteiger partial charge is 0.307 e. The minimum absolute atomic E-state index is 0.0435. The third-order valence-electron chi connectivity index (χ3n) is 4.55. The first-order chi connectivity index (χ1) is 12.5. The van der Waals surface area contributed by atoms with Gasteiger partial charge in [-0.1, -0.05) is 11.6 Å². The molecular weight excluding hydrogens is 356 g/mol. The molecule has 3 aromatic rings. The lowest BCUT2D eigenvalue weighted by atomic mass is 10.1. The van der Waals surface area contributed by atoms with E-state index in [0.29, 0.717) is 22.1 Å². The number of fused-ring (bicyclic) bond motifs is 1. The van der Waals surface area contributed by atoms with Crippen LogP contribution in [0.15, 0.2) is 47.3 Å². The summed E-state index contributed by atoms with van der Waals surface area (Å²) >= 11 is 5.97. The predicted molar refractivity (Wildman–Crippen MR) is 99.0 cm³/mol. The fourth-order valence-electron chi connectivity index (χ4n) is 3.28. The van der Waals surface area contributed by atoms with E-state index in [1.165, 1.54) is 22.8 Å². The van der Waals surface area contributed by atoms with E-state index in [0.717, 1.165) is 19.4 Å². The Hall–Kier alpha value is -2.77. The Morgan fingerprint density at radius 1 is 1.23 bits per heavy atom. The second-order valence-electron chi connectivity index (χ2n) is 6.19. The van der Waals surface area contributed by atoms with Gasteiger partial charge < -0.3 is 5.32 Å². The highest BCUT2D eigenvalue weighted by atomic mass is 35.5. The number of nitro benzene ring substituents is 1. The lowest BCUT2D eigenvalue weighted by Gasteiger charge is -2.18. The minimum atomic E-state index is -0.516. The quantitative estimate of drug-likeness (QED) is 0.564. The highest BCUT2D eigenvalue weighted by Crippen LogP contribution is 2.26. The molecule has 1 unspecified atom stereocenters. The van der Waals surface area contributed by atoms with E-state index in [-0.39, 0.29) is 22.7 Å². The molecule has 0 bridgehead atoms. The number of nitro groups is 1. The average molecular weight is 371 g/mol. The van der Waals surface area contributed by atoms with Crippen LogP contribution in [-0.2, 0) is 0 Å². The van der Waals surface area contributed by atoms with Crippen LogP contribution >= 0.6 is 11.6 Å². The molecule has 1 aliphatic heterocycles. The molecule has 1 fully saturated rings. The molecule has 0 radical (unpaired) electrons. The van der Waals surface area contributed by atoms with Crippen LogP contribution in [-0.4, -0.2) is 21.0 Å². The van der Waals surface area contributed by atoms with Crippen LogP contribution in [0.4, 0.5) is 5.69 Å². The summed E-state index contributed by atoms with van der Waals surface area (Å²) in [5.74, 6) is 0.608. The van der Waals surface area contributed by atoms with E-state index in [4.69, 9.17) is 11.6 Å². The van der Waals surface area contributed by atoms with Crippen molar-refractivity contribution in [3.8, 4) is 5.69 Å². The van der Waals surface area contributed by atoms with Gasteiger partial charge in [0.05, 0.1) is 27.6 Å². The Morgan fingerprint density at radius 3 is 2.65 bits per heavy atom. The van der Waals surface area contributed by atoms with Crippen LogP contribution < -0.4 is 10.9 Å². The Morgan fingerprint density at radius 2 is 2.00 bits per heavy atom. The van der Waals surface area contributed by atoms with Crippen molar-refractivity contribution < 1.29 is 4.92 Å². The van der Waals surface area contributed by atoms with Gasteiger partial charge in [-0.15, -0.1) is 0 Å². The number of benzene rings is 2. The molecule has 26 heavy (non-hydrogen) atoms. The number of hydrogen-bond acceptors (Lipinski definition) is 5. The van der Waals surface area contributed by atoms with E-state index in [1.807, 2.05) is 0 Å². The molecule has 1 aromatic heterocycles. The number of non-ortho nitro benzene ring substituents is 1. The SMILES string of the molecule is O=c1c2cc([N+](=O)[O-])ccc2nc(C2CCCN2)n1-c1ccc(Cl)cc1. The Bertz CT molecular complexity index is 1060. The smallest absolute Gasteiger partial charge is 0.270 e. The summed E-state index contributed by atoms with van der Waals surface area (Å²) < 4.78 is 1.52. The molecule has 8 heteroatoms. The second-order valence-corrected chi connectivity index (χ2v) is 6.63. The van der Waals surface area contributed by atoms with Gasteiger partial charge in [-0.3, -0.25) is 19.5 Å². The van der Waals surface area contributed by atoms with Crippen molar-refractivity contribution in [1.29, 1.82) is 0 Å². The first-order valence-electron chi connectivity index (χ1n) is 8.25. The number of nitrogens with zero attached hydrogens (tertiary/aromatic N) is 3. The van der Waals surface area contributed by atoms with Crippen LogP contribution in [0.2, 0.25) is 5.02 Å². The Balaban J connectivity index is 2.02. The second kappa shape index (κ2) is 6.51. The van der Waals surface area contributed by atoms with Crippen LogP contribution in [0.5, 0.6) is 0 Å². The summed E-state index contributed by atoms with van der Waals surface area (Å²) in [4.78, 5) is 28.4. The van der Waals surface area contributed by atoms with E-state index in [1.54, 1.807) is 24.3 Å². The highest BCUT2D eigenvalue weighted by Gasteiger charge is 2.24. The number of halogens is 1. The third-order valence-corrected chi connectivity index (χ3v) is 4.80. The summed E-state index contributed by atoms with van der Waals surface area (Å²) in [6.45, 7) is 0.861. The van der Waals surface area contributed by atoms with Gasteiger partial charge in [0.25, 0.3) is 11.2 Å². The van der Waals surface area contributed by atoms with Crippen LogP contribution in [0.25, 0.3) is 16.6 Å². The van der Waals surface area contributed by atoms with Crippen molar-refractivity contribution in [2.24, 2.45) is 0 Å². The zero-order chi connectivity index (χ0) is 18.3. The lowest BCUT2D eigenvalue weighted by Crippen LogP contribution is -2.28.